The minimum Gasteiger partial charge on any atom is -0.339 e. The molecule has 1 aliphatic carbocycles. The topological polar surface area (TPSA) is 64.9 Å². The van der Waals surface area contributed by atoms with Gasteiger partial charge < -0.3 is 10.3 Å². The Bertz CT molecular complexity index is 303. The zero-order valence-corrected chi connectivity index (χ0v) is 9.28. The van der Waals surface area contributed by atoms with Crippen molar-refractivity contribution in [2.24, 2.45) is 11.7 Å². The smallest absolute Gasteiger partial charge is 0.229 e. The Morgan fingerprint density at radius 2 is 2.07 bits per heavy atom. The van der Waals surface area contributed by atoms with Crippen LogP contribution in [-0.2, 0) is 6.42 Å². The van der Waals surface area contributed by atoms with Crippen LogP contribution in [0, 0.1) is 5.92 Å². The molecule has 1 aromatic heterocycles. The third-order valence-corrected chi connectivity index (χ3v) is 3.22. The van der Waals surface area contributed by atoms with E-state index in [1.165, 1.54) is 25.7 Å². The molecule has 0 atom stereocenters. The first-order valence-electron chi connectivity index (χ1n) is 5.82. The lowest BCUT2D eigenvalue weighted by Crippen LogP contribution is -2.11. The second kappa shape index (κ2) is 4.75. The Morgan fingerprint density at radius 1 is 1.33 bits per heavy atom. The molecule has 0 amide bonds. The molecule has 1 heterocycles. The molecule has 15 heavy (non-hydrogen) atoms. The lowest BCUT2D eigenvalue weighted by atomic mass is 9.83. The third-order valence-electron chi connectivity index (χ3n) is 3.22. The van der Waals surface area contributed by atoms with Crippen LogP contribution in [0.4, 0.5) is 0 Å². The zero-order chi connectivity index (χ0) is 10.7. The fourth-order valence-electron chi connectivity index (χ4n) is 2.17. The number of nitrogens with zero attached hydrogens (tertiary/aromatic N) is 2. The normalized spacial score (nSPS) is 26.8. The SMILES string of the molecule is CC1CCC(c2nc(CCN)no2)CC1. The van der Waals surface area contributed by atoms with Gasteiger partial charge >= 0.3 is 0 Å². The van der Waals surface area contributed by atoms with Gasteiger partial charge in [-0.2, -0.15) is 4.98 Å². The highest BCUT2D eigenvalue weighted by molar-refractivity contribution is 4.96. The minimum absolute atomic E-state index is 0.486. The molecule has 4 nitrogen and oxygen atoms in total. The van der Waals surface area contributed by atoms with Gasteiger partial charge in [-0.05, 0) is 38.1 Å². The Labute approximate surface area is 90.2 Å². The Kier molecular flexibility index (Phi) is 3.36. The summed E-state index contributed by atoms with van der Waals surface area (Å²) < 4.78 is 5.28. The van der Waals surface area contributed by atoms with Crippen molar-refractivity contribution in [1.82, 2.24) is 10.1 Å². The second-order valence-electron chi connectivity index (χ2n) is 4.54. The molecule has 84 valence electrons. The van der Waals surface area contributed by atoms with Gasteiger partial charge in [-0.15, -0.1) is 0 Å². The Balaban J connectivity index is 1.96. The highest BCUT2D eigenvalue weighted by Crippen LogP contribution is 2.34. The second-order valence-corrected chi connectivity index (χ2v) is 4.54. The van der Waals surface area contributed by atoms with Crippen LogP contribution in [-0.4, -0.2) is 16.7 Å². The van der Waals surface area contributed by atoms with E-state index in [0.29, 0.717) is 18.9 Å². The van der Waals surface area contributed by atoms with Crippen LogP contribution in [0.2, 0.25) is 0 Å². The largest absolute Gasteiger partial charge is 0.339 e. The Hall–Kier alpha value is -0.900. The zero-order valence-electron chi connectivity index (χ0n) is 9.28. The number of hydrogen-bond donors (Lipinski definition) is 1. The lowest BCUT2D eigenvalue weighted by molar-refractivity contribution is 0.280. The van der Waals surface area contributed by atoms with E-state index in [9.17, 15) is 0 Å². The first kappa shape index (κ1) is 10.6. The van der Waals surface area contributed by atoms with Crippen LogP contribution in [0.1, 0.15) is 50.2 Å². The van der Waals surface area contributed by atoms with Gasteiger partial charge in [0.25, 0.3) is 0 Å². The molecule has 1 saturated carbocycles. The summed E-state index contributed by atoms with van der Waals surface area (Å²) in [6.07, 6.45) is 5.64. The molecule has 0 radical (unpaired) electrons. The predicted octanol–water partition coefficient (Wildman–Crippen LogP) is 1.86. The summed E-state index contributed by atoms with van der Waals surface area (Å²) in [5, 5.41) is 3.93. The van der Waals surface area contributed by atoms with Crippen molar-refractivity contribution in [3.63, 3.8) is 0 Å². The van der Waals surface area contributed by atoms with Crippen molar-refractivity contribution < 1.29 is 4.52 Å². The van der Waals surface area contributed by atoms with Crippen LogP contribution in [0.25, 0.3) is 0 Å². The lowest BCUT2D eigenvalue weighted by Gasteiger charge is -2.23. The molecular formula is C11H19N3O. The van der Waals surface area contributed by atoms with Gasteiger partial charge in [0.1, 0.15) is 0 Å². The molecule has 0 aromatic carbocycles. The fraction of sp³-hybridized carbons (Fsp3) is 0.818. The summed E-state index contributed by atoms with van der Waals surface area (Å²) in [5.41, 5.74) is 5.44. The Morgan fingerprint density at radius 3 is 2.73 bits per heavy atom. The van der Waals surface area contributed by atoms with Crippen molar-refractivity contribution in [2.75, 3.05) is 6.54 Å². The summed E-state index contributed by atoms with van der Waals surface area (Å²) in [7, 11) is 0. The van der Waals surface area contributed by atoms with Gasteiger partial charge in [-0.1, -0.05) is 12.1 Å². The van der Waals surface area contributed by atoms with Gasteiger partial charge in [0, 0.05) is 12.3 Å². The quantitative estimate of drug-likeness (QED) is 0.825. The monoisotopic (exact) mass is 209 g/mol. The van der Waals surface area contributed by atoms with Crippen LogP contribution < -0.4 is 5.73 Å². The minimum atomic E-state index is 0.486. The number of hydrogen-bond acceptors (Lipinski definition) is 4. The molecule has 1 fully saturated rings. The maximum atomic E-state index is 5.44. The molecule has 1 aromatic rings. The van der Waals surface area contributed by atoms with Crippen LogP contribution in [0.5, 0.6) is 0 Å². The highest BCUT2D eigenvalue weighted by Gasteiger charge is 2.24. The highest BCUT2D eigenvalue weighted by atomic mass is 16.5. The van der Waals surface area contributed by atoms with Gasteiger partial charge in [-0.3, -0.25) is 0 Å². The molecule has 0 unspecified atom stereocenters. The van der Waals surface area contributed by atoms with E-state index in [0.717, 1.165) is 17.6 Å². The first-order chi connectivity index (χ1) is 7.29. The molecular weight excluding hydrogens is 190 g/mol. The number of nitrogens with two attached hydrogens (primary N) is 1. The number of rotatable bonds is 3. The van der Waals surface area contributed by atoms with Gasteiger partial charge in [0.05, 0.1) is 0 Å². The number of aromatic nitrogens is 2. The first-order valence-corrected chi connectivity index (χ1v) is 5.82. The third kappa shape index (κ3) is 2.56. The van der Waals surface area contributed by atoms with Gasteiger partial charge in [0.2, 0.25) is 5.89 Å². The summed E-state index contributed by atoms with van der Waals surface area (Å²) in [6, 6.07) is 0. The molecule has 0 spiro atoms. The molecule has 4 heteroatoms. The molecule has 0 saturated heterocycles. The standard InChI is InChI=1S/C11H19N3O/c1-8-2-4-9(5-3-8)11-13-10(6-7-12)14-15-11/h8-9H,2-7,12H2,1H3. The maximum Gasteiger partial charge on any atom is 0.229 e. The van der Waals surface area contributed by atoms with Crippen LogP contribution >= 0.6 is 0 Å². The van der Waals surface area contributed by atoms with E-state index in [4.69, 9.17) is 10.3 Å². The molecule has 0 aliphatic heterocycles. The summed E-state index contributed by atoms with van der Waals surface area (Å²) in [6.45, 7) is 2.89. The van der Waals surface area contributed by atoms with Crippen molar-refractivity contribution in [3.05, 3.63) is 11.7 Å². The van der Waals surface area contributed by atoms with Crippen molar-refractivity contribution >= 4 is 0 Å². The van der Waals surface area contributed by atoms with E-state index in [1.807, 2.05) is 0 Å². The molecule has 0 bridgehead atoms. The van der Waals surface area contributed by atoms with E-state index in [2.05, 4.69) is 17.1 Å². The summed E-state index contributed by atoms with van der Waals surface area (Å²) in [4.78, 5) is 4.39. The van der Waals surface area contributed by atoms with E-state index < -0.39 is 0 Å². The van der Waals surface area contributed by atoms with E-state index in [1.54, 1.807) is 0 Å². The van der Waals surface area contributed by atoms with Crippen molar-refractivity contribution in [2.45, 2.75) is 44.9 Å². The molecule has 2 N–H and O–H groups in total. The van der Waals surface area contributed by atoms with Gasteiger partial charge in [0.15, 0.2) is 5.82 Å². The molecule has 1 aliphatic rings. The van der Waals surface area contributed by atoms with Crippen LogP contribution in [0.15, 0.2) is 4.52 Å². The van der Waals surface area contributed by atoms with Crippen molar-refractivity contribution in [1.29, 1.82) is 0 Å². The average molecular weight is 209 g/mol. The van der Waals surface area contributed by atoms with Gasteiger partial charge in [-0.25, -0.2) is 0 Å². The molecule has 2 rings (SSSR count). The average Bonchev–Trinajstić information content (AvgIpc) is 2.68. The summed E-state index contributed by atoms with van der Waals surface area (Å²) >= 11 is 0. The van der Waals surface area contributed by atoms with Crippen molar-refractivity contribution in [3.8, 4) is 0 Å². The van der Waals surface area contributed by atoms with E-state index in [-0.39, 0.29) is 0 Å². The fourth-order valence-corrected chi connectivity index (χ4v) is 2.17. The maximum absolute atomic E-state index is 5.44. The predicted molar refractivity (Wildman–Crippen MR) is 57.4 cm³/mol. The van der Waals surface area contributed by atoms with Crippen LogP contribution in [0.3, 0.4) is 0 Å². The van der Waals surface area contributed by atoms with E-state index >= 15 is 0 Å². The summed E-state index contributed by atoms with van der Waals surface area (Å²) in [5.74, 6) is 2.92.